The number of rotatable bonds is 0. The van der Waals surface area contributed by atoms with Crippen molar-refractivity contribution in [2.45, 2.75) is 13.3 Å². The van der Waals surface area contributed by atoms with Crippen LogP contribution in [-0.4, -0.2) is 50.8 Å². The molecule has 82 valence electrons. The molecule has 2 aliphatic rings. The van der Waals surface area contributed by atoms with Crippen LogP contribution < -0.4 is 0 Å². The Morgan fingerprint density at radius 1 is 1.29 bits per heavy atom. The highest BCUT2D eigenvalue weighted by Gasteiger charge is 2.20. The molecule has 0 spiro atoms. The minimum atomic E-state index is -0.0417. The van der Waals surface area contributed by atoms with Crippen molar-refractivity contribution in [3.63, 3.8) is 0 Å². The monoisotopic (exact) mass is 201 g/mol. The number of hydrogen-bond acceptors (Lipinski definition) is 4. The number of carbonyl (C=O) groups is 1. The van der Waals surface area contributed by atoms with Crippen LogP contribution in [0.15, 0.2) is 0 Å². The number of likely N-dealkylation sites (N-methyl/N-ethyl adjacent to an activating group) is 1. The van der Waals surface area contributed by atoms with E-state index < -0.39 is 0 Å². The Bertz CT molecular complexity index is 178. The third kappa shape index (κ3) is 4.07. The fourth-order valence-corrected chi connectivity index (χ4v) is 1.25. The van der Waals surface area contributed by atoms with Gasteiger partial charge in [0.2, 0.25) is 0 Å². The number of cyclic esters (lactones) is 1. The molecule has 0 aliphatic carbocycles. The van der Waals surface area contributed by atoms with E-state index in [0.29, 0.717) is 6.61 Å². The molecular formula is C10H19NO3. The van der Waals surface area contributed by atoms with Crippen LogP contribution in [0.3, 0.4) is 0 Å². The molecule has 0 saturated carbocycles. The fourth-order valence-electron chi connectivity index (χ4n) is 1.25. The van der Waals surface area contributed by atoms with Gasteiger partial charge in [0, 0.05) is 13.1 Å². The molecule has 4 heteroatoms. The number of carbonyl (C=O) groups excluding carboxylic acids is 1. The first-order valence-corrected chi connectivity index (χ1v) is 5.13. The predicted molar refractivity (Wildman–Crippen MR) is 53.1 cm³/mol. The summed E-state index contributed by atoms with van der Waals surface area (Å²) in [4.78, 5) is 12.6. The summed E-state index contributed by atoms with van der Waals surface area (Å²) in [7, 11) is 2.11. The zero-order chi connectivity index (χ0) is 10.4. The average molecular weight is 201 g/mol. The lowest BCUT2D eigenvalue weighted by molar-refractivity contribution is -0.140. The summed E-state index contributed by atoms with van der Waals surface area (Å²) < 4.78 is 9.72. The largest absolute Gasteiger partial charge is 0.465 e. The van der Waals surface area contributed by atoms with Gasteiger partial charge in [-0.1, -0.05) is 6.92 Å². The van der Waals surface area contributed by atoms with E-state index in [1.807, 2.05) is 6.92 Å². The highest BCUT2D eigenvalue weighted by molar-refractivity contribution is 5.73. The van der Waals surface area contributed by atoms with Crippen LogP contribution >= 0.6 is 0 Å². The van der Waals surface area contributed by atoms with E-state index >= 15 is 0 Å². The summed E-state index contributed by atoms with van der Waals surface area (Å²) in [5.74, 6) is 0.111. The van der Waals surface area contributed by atoms with Crippen molar-refractivity contribution in [1.29, 1.82) is 0 Å². The maximum absolute atomic E-state index is 10.4. The normalized spacial score (nSPS) is 27.9. The molecular weight excluding hydrogens is 182 g/mol. The van der Waals surface area contributed by atoms with Crippen molar-refractivity contribution in [3.05, 3.63) is 0 Å². The second-order valence-corrected chi connectivity index (χ2v) is 3.77. The third-order valence-electron chi connectivity index (χ3n) is 2.43. The van der Waals surface area contributed by atoms with Gasteiger partial charge in [-0.3, -0.25) is 4.79 Å². The Balaban J connectivity index is 0.000000140. The lowest BCUT2D eigenvalue weighted by Crippen LogP contribution is -2.32. The molecule has 2 fully saturated rings. The van der Waals surface area contributed by atoms with E-state index in [1.165, 1.54) is 0 Å². The van der Waals surface area contributed by atoms with Crippen LogP contribution in [0.1, 0.15) is 13.3 Å². The van der Waals surface area contributed by atoms with E-state index in [1.54, 1.807) is 0 Å². The Kier molecular flexibility index (Phi) is 4.90. The van der Waals surface area contributed by atoms with E-state index in [2.05, 4.69) is 16.7 Å². The molecule has 0 aromatic heterocycles. The van der Waals surface area contributed by atoms with Crippen LogP contribution in [-0.2, 0) is 14.3 Å². The number of morpholine rings is 1. The van der Waals surface area contributed by atoms with Crippen molar-refractivity contribution in [1.82, 2.24) is 4.90 Å². The van der Waals surface area contributed by atoms with Crippen LogP contribution in [0, 0.1) is 5.92 Å². The highest BCUT2D eigenvalue weighted by Crippen LogP contribution is 2.11. The molecule has 2 rings (SSSR count). The SMILES string of the molecule is CC1CCOC1=O.CN1CCOCC1. The van der Waals surface area contributed by atoms with Crippen LogP contribution in [0.4, 0.5) is 0 Å². The third-order valence-corrected chi connectivity index (χ3v) is 2.43. The summed E-state index contributed by atoms with van der Waals surface area (Å²) in [5, 5.41) is 0. The summed E-state index contributed by atoms with van der Waals surface area (Å²) in [6.45, 7) is 6.53. The molecule has 14 heavy (non-hydrogen) atoms. The zero-order valence-corrected chi connectivity index (χ0v) is 8.99. The van der Waals surface area contributed by atoms with E-state index in [9.17, 15) is 4.79 Å². The standard InChI is InChI=1S/C5H11NO.C5H8O2/c1-6-2-4-7-5-3-6;1-4-2-3-7-5(4)6/h2-5H2,1H3;4H,2-3H2,1H3. The first kappa shape index (κ1) is 11.5. The van der Waals surface area contributed by atoms with Gasteiger partial charge in [0.25, 0.3) is 0 Å². The first-order valence-electron chi connectivity index (χ1n) is 5.13. The molecule has 0 amide bonds. The number of ether oxygens (including phenoxy) is 2. The predicted octanol–water partition coefficient (Wildman–Crippen LogP) is 0.518. The first-order chi connectivity index (χ1) is 6.70. The Labute approximate surface area is 85.2 Å². The molecule has 0 N–H and O–H groups in total. The second kappa shape index (κ2) is 5.98. The summed E-state index contributed by atoms with van der Waals surface area (Å²) in [6.07, 6.45) is 0.902. The molecule has 4 nitrogen and oxygen atoms in total. The Morgan fingerprint density at radius 2 is 1.93 bits per heavy atom. The van der Waals surface area contributed by atoms with Crippen LogP contribution in [0.2, 0.25) is 0 Å². The zero-order valence-electron chi connectivity index (χ0n) is 8.99. The smallest absolute Gasteiger partial charge is 0.308 e. The van der Waals surface area contributed by atoms with Gasteiger partial charge >= 0.3 is 5.97 Å². The molecule has 0 aromatic rings. The quantitative estimate of drug-likeness (QED) is 0.536. The minimum Gasteiger partial charge on any atom is -0.465 e. The van der Waals surface area contributed by atoms with E-state index in [0.717, 1.165) is 32.7 Å². The average Bonchev–Trinajstić information content (AvgIpc) is 2.53. The maximum Gasteiger partial charge on any atom is 0.308 e. The molecule has 0 bridgehead atoms. The van der Waals surface area contributed by atoms with Gasteiger partial charge in [0.15, 0.2) is 0 Å². The molecule has 2 heterocycles. The van der Waals surface area contributed by atoms with Gasteiger partial charge in [-0.25, -0.2) is 0 Å². The molecule has 1 unspecified atom stereocenters. The maximum atomic E-state index is 10.4. The van der Waals surface area contributed by atoms with Crippen molar-refractivity contribution < 1.29 is 14.3 Å². The number of nitrogens with zero attached hydrogens (tertiary/aromatic N) is 1. The molecule has 2 aliphatic heterocycles. The van der Waals surface area contributed by atoms with Crippen LogP contribution in [0.25, 0.3) is 0 Å². The summed E-state index contributed by atoms with van der Waals surface area (Å²) in [5.41, 5.74) is 0. The number of hydrogen-bond donors (Lipinski definition) is 0. The molecule has 0 aromatic carbocycles. The van der Waals surface area contributed by atoms with E-state index in [4.69, 9.17) is 4.74 Å². The molecule has 0 radical (unpaired) electrons. The van der Waals surface area contributed by atoms with Gasteiger partial charge in [-0.05, 0) is 13.5 Å². The second-order valence-electron chi connectivity index (χ2n) is 3.77. The highest BCUT2D eigenvalue weighted by atomic mass is 16.5. The lowest BCUT2D eigenvalue weighted by atomic mass is 10.2. The number of esters is 1. The van der Waals surface area contributed by atoms with Gasteiger partial charge in [-0.15, -0.1) is 0 Å². The lowest BCUT2D eigenvalue weighted by Gasteiger charge is -2.21. The topological polar surface area (TPSA) is 38.8 Å². The van der Waals surface area contributed by atoms with Gasteiger partial charge in [-0.2, -0.15) is 0 Å². The van der Waals surface area contributed by atoms with Gasteiger partial charge < -0.3 is 14.4 Å². The van der Waals surface area contributed by atoms with Crippen LogP contribution in [0.5, 0.6) is 0 Å². The molecule has 2 saturated heterocycles. The van der Waals surface area contributed by atoms with Gasteiger partial charge in [0.1, 0.15) is 0 Å². The van der Waals surface area contributed by atoms with Crippen molar-refractivity contribution in [2.75, 3.05) is 40.0 Å². The fraction of sp³-hybridized carbons (Fsp3) is 0.900. The van der Waals surface area contributed by atoms with Crippen molar-refractivity contribution in [3.8, 4) is 0 Å². The Morgan fingerprint density at radius 3 is 2.14 bits per heavy atom. The minimum absolute atomic E-state index is 0.0417. The van der Waals surface area contributed by atoms with E-state index in [-0.39, 0.29) is 11.9 Å². The summed E-state index contributed by atoms with van der Waals surface area (Å²) in [6, 6.07) is 0. The Hall–Kier alpha value is -0.610. The molecule has 1 atom stereocenters. The van der Waals surface area contributed by atoms with Gasteiger partial charge in [0.05, 0.1) is 25.7 Å². The summed E-state index contributed by atoms with van der Waals surface area (Å²) >= 11 is 0. The van der Waals surface area contributed by atoms with Crippen molar-refractivity contribution >= 4 is 5.97 Å². The van der Waals surface area contributed by atoms with Crippen molar-refractivity contribution in [2.24, 2.45) is 5.92 Å².